The number of aromatic nitrogens is 3. The summed E-state index contributed by atoms with van der Waals surface area (Å²) in [7, 11) is 0. The van der Waals surface area contributed by atoms with Gasteiger partial charge in [0.2, 0.25) is 0 Å². The number of nitrogens with one attached hydrogen (secondary N) is 1. The van der Waals surface area contributed by atoms with Crippen molar-refractivity contribution in [2.45, 2.75) is 0 Å². The molecule has 0 aromatic carbocycles. The molecule has 0 bridgehead atoms. The molecule has 2 aromatic rings. The lowest BCUT2D eigenvalue weighted by Gasteiger charge is -1.95. The molecule has 13 heavy (non-hydrogen) atoms. The van der Waals surface area contributed by atoms with Crippen LogP contribution in [0.1, 0.15) is 0 Å². The van der Waals surface area contributed by atoms with Crippen molar-refractivity contribution in [2.75, 3.05) is 0 Å². The highest BCUT2D eigenvalue weighted by molar-refractivity contribution is 14.1. The largest absolute Gasteiger partial charge is 0.322 e. The molecule has 0 aliphatic heterocycles. The van der Waals surface area contributed by atoms with E-state index in [0.29, 0.717) is 5.01 Å². The normalized spacial score (nSPS) is 10.2. The van der Waals surface area contributed by atoms with Gasteiger partial charge >= 0.3 is 4.87 Å². The number of hydrogen-bond donors (Lipinski definition) is 1. The average molecular weight is 305 g/mol. The fraction of sp³-hybridized carbons (Fsp3) is 0. The van der Waals surface area contributed by atoms with E-state index in [0.717, 1.165) is 20.6 Å². The SMILES string of the molecule is O=c1[nH]nc(-c2cccnc2I)s1. The van der Waals surface area contributed by atoms with E-state index in [4.69, 9.17) is 0 Å². The fourth-order valence-electron chi connectivity index (χ4n) is 0.891. The molecule has 2 heterocycles. The Labute approximate surface area is 91.2 Å². The molecule has 0 aliphatic rings. The van der Waals surface area contributed by atoms with Gasteiger partial charge in [-0.25, -0.2) is 10.1 Å². The first kappa shape index (κ1) is 8.82. The summed E-state index contributed by atoms with van der Waals surface area (Å²) in [5.74, 6) is 0. The number of nitrogens with zero attached hydrogens (tertiary/aromatic N) is 2. The maximum atomic E-state index is 10.9. The number of pyridine rings is 1. The molecule has 2 aromatic heterocycles. The smallest absolute Gasteiger partial charge is 0.255 e. The molecule has 0 spiro atoms. The third kappa shape index (κ3) is 1.78. The Balaban J connectivity index is 2.58. The molecule has 1 N–H and O–H groups in total. The first-order valence-electron chi connectivity index (χ1n) is 3.44. The van der Waals surface area contributed by atoms with Crippen LogP contribution in [0.25, 0.3) is 10.6 Å². The predicted molar refractivity (Wildman–Crippen MR) is 58.7 cm³/mol. The number of halogens is 1. The zero-order chi connectivity index (χ0) is 9.26. The number of aromatic amines is 1. The highest BCUT2D eigenvalue weighted by Crippen LogP contribution is 2.22. The van der Waals surface area contributed by atoms with Gasteiger partial charge in [-0.3, -0.25) is 4.79 Å². The molecule has 6 heteroatoms. The number of rotatable bonds is 1. The van der Waals surface area contributed by atoms with Crippen LogP contribution in [0.4, 0.5) is 0 Å². The molecule has 66 valence electrons. The Bertz CT molecular complexity index is 478. The molecular formula is C7H4IN3OS. The summed E-state index contributed by atoms with van der Waals surface area (Å²) in [6.07, 6.45) is 1.71. The van der Waals surface area contributed by atoms with Crippen LogP contribution < -0.4 is 4.87 Å². The molecular weight excluding hydrogens is 301 g/mol. The summed E-state index contributed by atoms with van der Waals surface area (Å²) in [6, 6.07) is 3.71. The first-order chi connectivity index (χ1) is 6.27. The molecule has 0 radical (unpaired) electrons. The summed E-state index contributed by atoms with van der Waals surface area (Å²) >= 11 is 3.20. The highest BCUT2D eigenvalue weighted by Gasteiger charge is 2.06. The van der Waals surface area contributed by atoms with Crippen LogP contribution in [0.3, 0.4) is 0 Å². The highest BCUT2D eigenvalue weighted by atomic mass is 127. The van der Waals surface area contributed by atoms with E-state index in [-0.39, 0.29) is 4.87 Å². The van der Waals surface area contributed by atoms with Gasteiger partial charge in [0.1, 0.15) is 3.70 Å². The first-order valence-corrected chi connectivity index (χ1v) is 5.33. The average Bonchev–Trinajstić information content (AvgIpc) is 2.53. The molecule has 0 saturated heterocycles. The van der Waals surface area contributed by atoms with Crippen molar-refractivity contribution >= 4 is 33.9 Å². The quantitative estimate of drug-likeness (QED) is 0.641. The van der Waals surface area contributed by atoms with Crippen molar-refractivity contribution in [1.29, 1.82) is 0 Å². The van der Waals surface area contributed by atoms with Gasteiger partial charge < -0.3 is 0 Å². The summed E-state index contributed by atoms with van der Waals surface area (Å²) in [6.45, 7) is 0. The predicted octanol–water partition coefficient (Wildman–Crippen LogP) is 1.50. The Morgan fingerprint density at radius 1 is 1.54 bits per heavy atom. The van der Waals surface area contributed by atoms with Crippen molar-refractivity contribution < 1.29 is 0 Å². The summed E-state index contributed by atoms with van der Waals surface area (Å²) in [4.78, 5) is 14.8. The second kappa shape index (κ2) is 3.54. The zero-order valence-electron chi connectivity index (χ0n) is 6.32. The van der Waals surface area contributed by atoms with Gasteiger partial charge in [0.05, 0.1) is 0 Å². The minimum Gasteiger partial charge on any atom is -0.255 e. The van der Waals surface area contributed by atoms with E-state index in [1.165, 1.54) is 0 Å². The van der Waals surface area contributed by atoms with Gasteiger partial charge in [-0.2, -0.15) is 5.10 Å². The van der Waals surface area contributed by atoms with Crippen LogP contribution in [0.15, 0.2) is 23.1 Å². The van der Waals surface area contributed by atoms with Crippen LogP contribution in [0.2, 0.25) is 0 Å². The molecule has 0 atom stereocenters. The minimum atomic E-state index is -0.144. The van der Waals surface area contributed by atoms with E-state index in [1.54, 1.807) is 6.20 Å². The fourth-order valence-corrected chi connectivity index (χ4v) is 2.30. The molecule has 0 saturated carbocycles. The second-order valence-electron chi connectivity index (χ2n) is 2.26. The Kier molecular flexibility index (Phi) is 2.40. The summed E-state index contributed by atoms with van der Waals surface area (Å²) in [5, 5.41) is 6.94. The van der Waals surface area contributed by atoms with E-state index >= 15 is 0 Å². The Morgan fingerprint density at radius 2 is 2.38 bits per heavy atom. The summed E-state index contributed by atoms with van der Waals surface area (Å²) < 4.78 is 0.850. The minimum absolute atomic E-state index is 0.144. The topological polar surface area (TPSA) is 58.6 Å². The molecule has 0 amide bonds. The van der Waals surface area contributed by atoms with Crippen LogP contribution >= 0.6 is 33.9 Å². The molecule has 0 aliphatic carbocycles. The number of hydrogen-bond acceptors (Lipinski definition) is 4. The van der Waals surface area contributed by atoms with Gasteiger partial charge in [-0.1, -0.05) is 11.3 Å². The van der Waals surface area contributed by atoms with Crippen LogP contribution in [0.5, 0.6) is 0 Å². The Hall–Kier alpha value is -0.760. The lowest BCUT2D eigenvalue weighted by Crippen LogP contribution is -1.90. The van der Waals surface area contributed by atoms with Gasteiger partial charge in [-0.05, 0) is 34.7 Å². The monoisotopic (exact) mass is 305 g/mol. The number of H-pyrrole nitrogens is 1. The molecule has 0 fully saturated rings. The van der Waals surface area contributed by atoms with Crippen molar-refractivity contribution in [3.8, 4) is 10.6 Å². The standard InChI is InChI=1S/C7H4IN3OS/c8-5-4(2-1-3-9-5)6-10-11-7(12)13-6/h1-3H,(H,11,12). The van der Waals surface area contributed by atoms with Crippen LogP contribution in [-0.2, 0) is 0 Å². The van der Waals surface area contributed by atoms with Gasteiger partial charge in [-0.15, -0.1) is 0 Å². The molecule has 4 nitrogen and oxygen atoms in total. The van der Waals surface area contributed by atoms with E-state index in [2.05, 4.69) is 37.8 Å². The van der Waals surface area contributed by atoms with Gasteiger partial charge in [0, 0.05) is 11.8 Å². The van der Waals surface area contributed by atoms with Crippen molar-refractivity contribution in [2.24, 2.45) is 0 Å². The lowest BCUT2D eigenvalue weighted by molar-refractivity contribution is 1.06. The molecule has 0 unspecified atom stereocenters. The third-order valence-electron chi connectivity index (χ3n) is 1.43. The lowest BCUT2D eigenvalue weighted by atomic mass is 10.3. The van der Waals surface area contributed by atoms with Gasteiger partial charge in [0.25, 0.3) is 0 Å². The van der Waals surface area contributed by atoms with Crippen molar-refractivity contribution in [1.82, 2.24) is 15.2 Å². The van der Waals surface area contributed by atoms with E-state index in [1.807, 2.05) is 12.1 Å². The third-order valence-corrected chi connectivity index (χ3v) is 3.07. The van der Waals surface area contributed by atoms with Gasteiger partial charge in [0.15, 0.2) is 5.01 Å². The van der Waals surface area contributed by atoms with Crippen molar-refractivity contribution in [3.05, 3.63) is 31.7 Å². The Morgan fingerprint density at radius 3 is 3.00 bits per heavy atom. The second-order valence-corrected chi connectivity index (χ2v) is 4.24. The summed E-state index contributed by atoms with van der Waals surface area (Å²) in [5.41, 5.74) is 0.895. The van der Waals surface area contributed by atoms with Crippen LogP contribution in [-0.4, -0.2) is 15.2 Å². The maximum Gasteiger partial charge on any atom is 0.322 e. The zero-order valence-corrected chi connectivity index (χ0v) is 9.29. The molecule has 2 rings (SSSR count). The van der Waals surface area contributed by atoms with E-state index in [9.17, 15) is 4.79 Å². The van der Waals surface area contributed by atoms with Crippen LogP contribution in [0, 0.1) is 3.70 Å². The van der Waals surface area contributed by atoms with Crippen molar-refractivity contribution in [3.63, 3.8) is 0 Å². The maximum absolute atomic E-state index is 10.9. The van der Waals surface area contributed by atoms with E-state index < -0.39 is 0 Å².